The molecule has 2 aromatic rings. The highest BCUT2D eigenvalue weighted by Crippen LogP contribution is 2.26. The molecule has 1 heterocycles. The number of halogens is 3. The number of H-pyrrole nitrogens is 1. The number of rotatable bonds is 5. The summed E-state index contributed by atoms with van der Waals surface area (Å²) >= 11 is 0. The highest BCUT2D eigenvalue weighted by atomic mass is 19.4. The SMILES string of the molecule is CC[C@@H](C)[C@H](NC(=O)CC(F)(F)F)c1nc2ccccc2[nH]1. The zero-order valence-electron chi connectivity index (χ0n) is 12.4. The maximum absolute atomic E-state index is 12.3. The van der Waals surface area contributed by atoms with Crippen molar-refractivity contribution in [2.45, 2.75) is 38.9 Å². The number of amides is 1. The Kier molecular flexibility index (Phi) is 4.73. The Labute approximate surface area is 126 Å². The third-order valence-electron chi connectivity index (χ3n) is 3.59. The molecule has 0 unspecified atom stereocenters. The molecule has 0 aliphatic rings. The maximum atomic E-state index is 12.3. The van der Waals surface area contributed by atoms with Crippen LogP contribution in [0.5, 0.6) is 0 Å². The summed E-state index contributed by atoms with van der Waals surface area (Å²) in [4.78, 5) is 19.1. The number of aromatic amines is 1. The fourth-order valence-electron chi connectivity index (χ4n) is 2.24. The van der Waals surface area contributed by atoms with E-state index in [0.717, 1.165) is 11.0 Å². The number of carbonyl (C=O) groups excluding carboxylic acids is 1. The lowest BCUT2D eigenvalue weighted by molar-refractivity contribution is -0.154. The minimum absolute atomic E-state index is 0.0438. The number of aromatic nitrogens is 2. The Morgan fingerprint density at radius 2 is 2.05 bits per heavy atom. The van der Waals surface area contributed by atoms with Crippen LogP contribution in [0.25, 0.3) is 11.0 Å². The van der Waals surface area contributed by atoms with Gasteiger partial charge in [0.15, 0.2) is 0 Å². The van der Waals surface area contributed by atoms with E-state index >= 15 is 0 Å². The topological polar surface area (TPSA) is 57.8 Å². The number of imidazole rings is 1. The summed E-state index contributed by atoms with van der Waals surface area (Å²) < 4.78 is 37.0. The summed E-state index contributed by atoms with van der Waals surface area (Å²) in [6.07, 6.45) is -5.30. The van der Waals surface area contributed by atoms with Gasteiger partial charge in [-0.2, -0.15) is 13.2 Å². The number of para-hydroxylation sites is 2. The van der Waals surface area contributed by atoms with Crippen molar-refractivity contribution in [3.63, 3.8) is 0 Å². The monoisotopic (exact) mass is 313 g/mol. The van der Waals surface area contributed by atoms with Crippen LogP contribution in [0.1, 0.15) is 38.6 Å². The standard InChI is InChI=1S/C15H18F3N3O/c1-3-9(2)13(21-12(22)8-15(16,17)18)14-19-10-6-4-5-7-11(10)20-14/h4-7,9,13H,3,8H2,1-2H3,(H,19,20)(H,21,22)/t9-,13+/m1/s1. The predicted molar refractivity (Wildman–Crippen MR) is 77.1 cm³/mol. The molecule has 120 valence electrons. The average molecular weight is 313 g/mol. The first kappa shape index (κ1) is 16.3. The highest BCUT2D eigenvalue weighted by Gasteiger charge is 2.33. The van der Waals surface area contributed by atoms with Gasteiger partial charge in [0.25, 0.3) is 0 Å². The second kappa shape index (κ2) is 6.37. The summed E-state index contributed by atoms with van der Waals surface area (Å²) in [5.41, 5.74) is 1.51. The van der Waals surface area contributed by atoms with Gasteiger partial charge in [0.05, 0.1) is 17.1 Å². The number of hydrogen-bond acceptors (Lipinski definition) is 2. The predicted octanol–water partition coefficient (Wildman–Crippen LogP) is 3.72. The first-order valence-corrected chi connectivity index (χ1v) is 7.11. The van der Waals surface area contributed by atoms with Crippen LogP contribution in [0.3, 0.4) is 0 Å². The molecule has 2 atom stereocenters. The molecular weight excluding hydrogens is 295 g/mol. The second-order valence-electron chi connectivity index (χ2n) is 5.36. The Hall–Kier alpha value is -2.05. The number of hydrogen-bond donors (Lipinski definition) is 2. The average Bonchev–Trinajstić information content (AvgIpc) is 2.85. The van der Waals surface area contributed by atoms with Gasteiger partial charge in [0.1, 0.15) is 12.2 Å². The van der Waals surface area contributed by atoms with Crippen molar-refractivity contribution in [2.75, 3.05) is 0 Å². The molecule has 22 heavy (non-hydrogen) atoms. The lowest BCUT2D eigenvalue weighted by Crippen LogP contribution is -2.35. The number of alkyl halides is 3. The first-order chi connectivity index (χ1) is 10.3. The van der Waals surface area contributed by atoms with Crippen LogP contribution in [-0.4, -0.2) is 22.1 Å². The lowest BCUT2D eigenvalue weighted by Gasteiger charge is -2.22. The maximum Gasteiger partial charge on any atom is 0.397 e. The van der Waals surface area contributed by atoms with Crippen molar-refractivity contribution in [3.8, 4) is 0 Å². The van der Waals surface area contributed by atoms with Crippen LogP contribution in [0.15, 0.2) is 24.3 Å². The van der Waals surface area contributed by atoms with E-state index < -0.39 is 24.5 Å². The molecule has 2 N–H and O–H groups in total. The Balaban J connectivity index is 2.24. The summed E-state index contributed by atoms with van der Waals surface area (Å²) in [5, 5.41) is 2.45. The fourth-order valence-corrected chi connectivity index (χ4v) is 2.24. The summed E-state index contributed by atoms with van der Waals surface area (Å²) in [6.45, 7) is 3.78. The van der Waals surface area contributed by atoms with Crippen molar-refractivity contribution in [3.05, 3.63) is 30.1 Å². The van der Waals surface area contributed by atoms with E-state index in [-0.39, 0.29) is 5.92 Å². The van der Waals surface area contributed by atoms with Crippen LogP contribution >= 0.6 is 0 Å². The largest absolute Gasteiger partial charge is 0.397 e. The first-order valence-electron chi connectivity index (χ1n) is 7.11. The number of carbonyl (C=O) groups is 1. The molecule has 0 saturated carbocycles. The third kappa shape index (κ3) is 3.99. The smallest absolute Gasteiger partial charge is 0.346 e. The molecule has 0 saturated heterocycles. The van der Waals surface area contributed by atoms with Gasteiger partial charge in [-0.25, -0.2) is 4.98 Å². The van der Waals surface area contributed by atoms with Crippen LogP contribution < -0.4 is 5.32 Å². The Morgan fingerprint density at radius 1 is 1.36 bits per heavy atom. The summed E-state index contributed by atoms with van der Waals surface area (Å²) in [5.74, 6) is -0.609. The van der Waals surface area contributed by atoms with Gasteiger partial charge in [-0.15, -0.1) is 0 Å². The molecule has 2 rings (SSSR count). The van der Waals surface area contributed by atoms with E-state index in [9.17, 15) is 18.0 Å². The molecule has 1 aromatic heterocycles. The molecule has 4 nitrogen and oxygen atoms in total. The van der Waals surface area contributed by atoms with Crippen molar-refractivity contribution in [1.29, 1.82) is 0 Å². The van der Waals surface area contributed by atoms with Gasteiger partial charge >= 0.3 is 6.18 Å². The van der Waals surface area contributed by atoms with Crippen LogP contribution in [0, 0.1) is 5.92 Å². The second-order valence-corrected chi connectivity index (χ2v) is 5.36. The van der Waals surface area contributed by atoms with Crippen LogP contribution in [0.2, 0.25) is 0 Å². The van der Waals surface area contributed by atoms with Gasteiger partial charge in [-0.3, -0.25) is 4.79 Å². The quantitative estimate of drug-likeness (QED) is 0.884. The number of nitrogens with one attached hydrogen (secondary N) is 2. The highest BCUT2D eigenvalue weighted by molar-refractivity contribution is 5.78. The summed E-state index contributed by atoms with van der Waals surface area (Å²) in [6, 6.07) is 6.72. The number of fused-ring (bicyclic) bond motifs is 1. The molecule has 0 radical (unpaired) electrons. The van der Waals surface area contributed by atoms with Crippen molar-refractivity contribution >= 4 is 16.9 Å². The van der Waals surface area contributed by atoms with E-state index in [4.69, 9.17) is 0 Å². The van der Waals surface area contributed by atoms with Gasteiger partial charge in [-0.05, 0) is 18.1 Å². The molecular formula is C15H18F3N3O. The van der Waals surface area contributed by atoms with E-state index in [0.29, 0.717) is 12.2 Å². The molecule has 0 aliphatic carbocycles. The molecule has 0 bridgehead atoms. The molecule has 7 heteroatoms. The zero-order chi connectivity index (χ0) is 16.3. The minimum atomic E-state index is -4.52. The normalized spacial score (nSPS) is 14.8. The molecule has 0 aliphatic heterocycles. The van der Waals surface area contributed by atoms with Gasteiger partial charge in [0, 0.05) is 0 Å². The molecule has 1 amide bonds. The van der Waals surface area contributed by atoms with Crippen molar-refractivity contribution in [1.82, 2.24) is 15.3 Å². The van der Waals surface area contributed by atoms with Crippen molar-refractivity contribution < 1.29 is 18.0 Å². The van der Waals surface area contributed by atoms with Crippen LogP contribution in [-0.2, 0) is 4.79 Å². The molecule has 0 fully saturated rings. The van der Waals surface area contributed by atoms with Crippen LogP contribution in [0.4, 0.5) is 13.2 Å². The third-order valence-corrected chi connectivity index (χ3v) is 3.59. The molecule has 0 spiro atoms. The molecule has 1 aromatic carbocycles. The number of nitrogens with zero attached hydrogens (tertiary/aromatic N) is 1. The lowest BCUT2D eigenvalue weighted by atomic mass is 9.98. The zero-order valence-corrected chi connectivity index (χ0v) is 12.4. The van der Waals surface area contributed by atoms with Crippen molar-refractivity contribution in [2.24, 2.45) is 5.92 Å². The van der Waals surface area contributed by atoms with E-state index in [1.165, 1.54) is 0 Å². The fraction of sp³-hybridized carbons (Fsp3) is 0.467. The van der Waals surface area contributed by atoms with Gasteiger partial charge in [0.2, 0.25) is 5.91 Å². The van der Waals surface area contributed by atoms with E-state index in [1.807, 2.05) is 32.0 Å². The Morgan fingerprint density at radius 3 is 2.64 bits per heavy atom. The van der Waals surface area contributed by atoms with E-state index in [1.54, 1.807) is 6.07 Å². The summed E-state index contributed by atoms with van der Waals surface area (Å²) in [7, 11) is 0. The van der Waals surface area contributed by atoms with Gasteiger partial charge < -0.3 is 10.3 Å². The minimum Gasteiger partial charge on any atom is -0.346 e. The van der Waals surface area contributed by atoms with Gasteiger partial charge in [-0.1, -0.05) is 32.4 Å². The number of benzene rings is 1. The Bertz CT molecular complexity index is 618. The van der Waals surface area contributed by atoms with E-state index in [2.05, 4.69) is 15.3 Å².